The molecule has 0 saturated heterocycles. The first kappa shape index (κ1) is 12.9. The minimum absolute atomic E-state index is 0.0919. The second kappa shape index (κ2) is 4.60. The quantitative estimate of drug-likeness (QED) is 0.771. The lowest BCUT2D eigenvalue weighted by Crippen LogP contribution is -2.56. The van der Waals surface area contributed by atoms with Gasteiger partial charge in [-0.2, -0.15) is 0 Å². The van der Waals surface area contributed by atoms with Crippen LogP contribution in [0.2, 0.25) is 0 Å². The van der Waals surface area contributed by atoms with Gasteiger partial charge in [-0.05, 0) is 44.9 Å². The van der Waals surface area contributed by atoms with Crippen LogP contribution in [0.1, 0.15) is 58.8 Å². The topological polar surface area (TPSA) is 55.1 Å². The van der Waals surface area contributed by atoms with Crippen LogP contribution in [0.5, 0.6) is 0 Å². The Balaban J connectivity index is 2.04. The molecule has 0 aromatic heterocycles. The molecule has 3 heteroatoms. The van der Waals surface area contributed by atoms with E-state index in [1.807, 2.05) is 0 Å². The molecule has 2 aliphatic carbocycles. The maximum Gasteiger partial charge on any atom is 0.226 e. The van der Waals surface area contributed by atoms with Crippen molar-refractivity contribution in [3.05, 3.63) is 0 Å². The van der Waals surface area contributed by atoms with Gasteiger partial charge in [-0.1, -0.05) is 19.8 Å². The summed E-state index contributed by atoms with van der Waals surface area (Å²) < 4.78 is 0. The maximum atomic E-state index is 12.5. The molecule has 3 N–H and O–H groups in total. The van der Waals surface area contributed by atoms with E-state index in [4.69, 9.17) is 5.73 Å². The lowest BCUT2D eigenvalue weighted by atomic mass is 9.81. The fourth-order valence-electron chi connectivity index (χ4n) is 3.23. The lowest BCUT2D eigenvalue weighted by molar-refractivity contribution is -0.133. The zero-order valence-corrected chi connectivity index (χ0v) is 11.2. The van der Waals surface area contributed by atoms with E-state index in [1.54, 1.807) is 0 Å². The molecule has 0 aliphatic heterocycles. The SMILES string of the molecule is CCC1(C(=O)NC(C)(CN)C2CC2)CCCC1. The molecule has 1 unspecified atom stereocenters. The summed E-state index contributed by atoms with van der Waals surface area (Å²) in [5.74, 6) is 0.865. The van der Waals surface area contributed by atoms with Crippen molar-refractivity contribution in [2.45, 2.75) is 64.3 Å². The Kier molecular flexibility index (Phi) is 3.48. The minimum atomic E-state index is -0.165. The van der Waals surface area contributed by atoms with Gasteiger partial charge in [0.1, 0.15) is 0 Å². The molecule has 2 aliphatic rings. The third-order valence-corrected chi connectivity index (χ3v) is 5.02. The molecule has 1 amide bonds. The predicted molar refractivity (Wildman–Crippen MR) is 69.5 cm³/mol. The average molecular weight is 238 g/mol. The number of carbonyl (C=O) groups is 1. The van der Waals surface area contributed by atoms with Gasteiger partial charge in [-0.25, -0.2) is 0 Å². The van der Waals surface area contributed by atoms with E-state index in [-0.39, 0.29) is 16.9 Å². The van der Waals surface area contributed by atoms with Crippen LogP contribution < -0.4 is 11.1 Å². The van der Waals surface area contributed by atoms with Crippen molar-refractivity contribution in [2.75, 3.05) is 6.54 Å². The fraction of sp³-hybridized carbons (Fsp3) is 0.929. The van der Waals surface area contributed by atoms with Gasteiger partial charge in [0.25, 0.3) is 0 Å². The smallest absolute Gasteiger partial charge is 0.226 e. The first-order valence-electron chi connectivity index (χ1n) is 7.09. The molecule has 0 bridgehead atoms. The molecule has 0 heterocycles. The van der Waals surface area contributed by atoms with Crippen LogP contribution in [-0.4, -0.2) is 18.0 Å². The van der Waals surface area contributed by atoms with Crippen molar-refractivity contribution < 1.29 is 4.79 Å². The summed E-state index contributed by atoms with van der Waals surface area (Å²) in [4.78, 5) is 12.5. The Labute approximate surface area is 105 Å². The fourth-order valence-corrected chi connectivity index (χ4v) is 3.23. The predicted octanol–water partition coefficient (Wildman–Crippen LogP) is 2.20. The summed E-state index contributed by atoms with van der Waals surface area (Å²) in [6.45, 7) is 4.81. The van der Waals surface area contributed by atoms with Gasteiger partial charge in [0.2, 0.25) is 5.91 Å². The largest absolute Gasteiger partial charge is 0.349 e. The molecular formula is C14H26N2O. The van der Waals surface area contributed by atoms with Crippen LogP contribution in [0, 0.1) is 11.3 Å². The monoisotopic (exact) mass is 238 g/mol. The van der Waals surface area contributed by atoms with E-state index in [0.717, 1.165) is 19.3 Å². The van der Waals surface area contributed by atoms with Gasteiger partial charge in [-0.3, -0.25) is 4.79 Å². The van der Waals surface area contributed by atoms with Crippen molar-refractivity contribution in [3.8, 4) is 0 Å². The molecule has 0 aromatic carbocycles. The van der Waals surface area contributed by atoms with E-state index in [2.05, 4.69) is 19.2 Å². The first-order chi connectivity index (χ1) is 8.06. The van der Waals surface area contributed by atoms with Crippen molar-refractivity contribution in [1.29, 1.82) is 0 Å². The summed E-state index contributed by atoms with van der Waals surface area (Å²) in [5.41, 5.74) is 5.61. The first-order valence-corrected chi connectivity index (χ1v) is 7.09. The molecule has 98 valence electrons. The van der Waals surface area contributed by atoms with Crippen LogP contribution >= 0.6 is 0 Å². The highest BCUT2D eigenvalue weighted by atomic mass is 16.2. The van der Waals surface area contributed by atoms with Gasteiger partial charge in [0.15, 0.2) is 0 Å². The second-order valence-corrected chi connectivity index (χ2v) is 6.19. The third-order valence-electron chi connectivity index (χ3n) is 5.02. The standard InChI is InChI=1S/C14H26N2O/c1-3-14(8-4-5-9-14)12(17)16-13(2,10-15)11-6-7-11/h11H,3-10,15H2,1-2H3,(H,16,17). The number of rotatable bonds is 5. The van der Waals surface area contributed by atoms with Gasteiger partial charge in [0, 0.05) is 12.0 Å². The molecule has 3 nitrogen and oxygen atoms in total. The third kappa shape index (κ3) is 2.35. The average Bonchev–Trinajstić information content (AvgIpc) is 3.08. The summed E-state index contributed by atoms with van der Waals surface area (Å²) in [6.07, 6.45) is 7.90. The van der Waals surface area contributed by atoms with E-state index < -0.39 is 0 Å². The molecule has 0 aromatic rings. The molecule has 1 atom stereocenters. The van der Waals surface area contributed by atoms with E-state index >= 15 is 0 Å². The summed E-state index contributed by atoms with van der Waals surface area (Å²) >= 11 is 0. The Bertz CT molecular complexity index is 293. The zero-order valence-electron chi connectivity index (χ0n) is 11.2. The van der Waals surface area contributed by atoms with Crippen LogP contribution in [0.3, 0.4) is 0 Å². The summed E-state index contributed by atoms with van der Waals surface area (Å²) in [7, 11) is 0. The van der Waals surface area contributed by atoms with Crippen LogP contribution in [0.4, 0.5) is 0 Å². The van der Waals surface area contributed by atoms with Crippen LogP contribution in [-0.2, 0) is 4.79 Å². The number of hydrogen-bond acceptors (Lipinski definition) is 2. The highest BCUT2D eigenvalue weighted by Gasteiger charge is 2.46. The van der Waals surface area contributed by atoms with Gasteiger partial charge in [0.05, 0.1) is 5.54 Å². The minimum Gasteiger partial charge on any atom is -0.349 e. The van der Waals surface area contributed by atoms with E-state index in [9.17, 15) is 4.79 Å². The van der Waals surface area contributed by atoms with Crippen molar-refractivity contribution >= 4 is 5.91 Å². The molecule has 17 heavy (non-hydrogen) atoms. The second-order valence-electron chi connectivity index (χ2n) is 6.19. The van der Waals surface area contributed by atoms with Gasteiger partial charge >= 0.3 is 0 Å². The number of nitrogens with two attached hydrogens (primary N) is 1. The lowest BCUT2D eigenvalue weighted by Gasteiger charge is -2.35. The number of hydrogen-bond donors (Lipinski definition) is 2. The van der Waals surface area contributed by atoms with E-state index in [1.165, 1.54) is 25.7 Å². The Morgan fingerprint density at radius 2 is 2.00 bits per heavy atom. The Morgan fingerprint density at radius 1 is 1.41 bits per heavy atom. The number of amides is 1. The van der Waals surface area contributed by atoms with Crippen molar-refractivity contribution in [1.82, 2.24) is 5.32 Å². The Hall–Kier alpha value is -0.570. The highest BCUT2D eigenvalue weighted by Crippen LogP contribution is 2.43. The summed E-state index contributed by atoms with van der Waals surface area (Å²) in [6, 6.07) is 0. The van der Waals surface area contributed by atoms with Gasteiger partial charge < -0.3 is 11.1 Å². The maximum absolute atomic E-state index is 12.5. The number of carbonyl (C=O) groups excluding carboxylic acids is 1. The van der Waals surface area contributed by atoms with Crippen molar-refractivity contribution in [3.63, 3.8) is 0 Å². The molecule has 2 saturated carbocycles. The highest BCUT2D eigenvalue weighted by molar-refractivity contribution is 5.83. The number of nitrogens with one attached hydrogen (secondary N) is 1. The van der Waals surface area contributed by atoms with Crippen LogP contribution in [0.15, 0.2) is 0 Å². The van der Waals surface area contributed by atoms with Gasteiger partial charge in [-0.15, -0.1) is 0 Å². The molecule has 2 rings (SSSR count). The summed E-state index contributed by atoms with van der Waals surface area (Å²) in [5, 5.41) is 3.27. The Morgan fingerprint density at radius 3 is 2.41 bits per heavy atom. The molecule has 0 radical (unpaired) electrons. The normalized spacial score (nSPS) is 26.5. The molecule has 2 fully saturated rings. The molecular weight excluding hydrogens is 212 g/mol. The molecule has 0 spiro atoms. The van der Waals surface area contributed by atoms with E-state index in [0.29, 0.717) is 12.5 Å². The van der Waals surface area contributed by atoms with Crippen LogP contribution in [0.25, 0.3) is 0 Å². The zero-order chi connectivity index (χ0) is 12.5. The van der Waals surface area contributed by atoms with Crippen molar-refractivity contribution in [2.24, 2.45) is 17.1 Å².